The largest absolute Gasteiger partial charge is 0.495 e. The maximum absolute atomic E-state index is 13.4. The quantitative estimate of drug-likeness (QED) is 0.427. The highest BCUT2D eigenvalue weighted by Gasteiger charge is 2.34. The molecular weight excluding hydrogens is 522 g/mol. The van der Waals surface area contributed by atoms with Crippen molar-refractivity contribution in [2.24, 2.45) is 0 Å². The smallest absolute Gasteiger partial charge is 0.185 e. The highest BCUT2D eigenvalue weighted by Crippen LogP contribution is 2.34. The van der Waals surface area contributed by atoms with Crippen LogP contribution in [-0.2, 0) is 16.3 Å². The number of halogens is 3. The molecule has 0 amide bonds. The number of sulfone groups is 1. The van der Waals surface area contributed by atoms with Gasteiger partial charge in [-0.1, -0.05) is 15.9 Å². The van der Waals surface area contributed by atoms with Crippen molar-refractivity contribution in [3.05, 3.63) is 69.1 Å². The molecule has 10 heteroatoms. The third kappa shape index (κ3) is 4.97. The van der Waals surface area contributed by atoms with Gasteiger partial charge in [-0.25, -0.2) is 22.2 Å². The zero-order valence-electron chi connectivity index (χ0n) is 17.2. The molecule has 1 aromatic heterocycles. The summed E-state index contributed by atoms with van der Waals surface area (Å²) in [4.78, 5) is 6.86. The molecule has 1 saturated heterocycles. The van der Waals surface area contributed by atoms with Crippen LogP contribution in [0.1, 0.15) is 24.1 Å². The van der Waals surface area contributed by atoms with E-state index in [9.17, 15) is 17.2 Å². The minimum absolute atomic E-state index is 0.201. The van der Waals surface area contributed by atoms with Gasteiger partial charge in [-0.2, -0.15) is 0 Å². The molecule has 0 saturated carbocycles. The summed E-state index contributed by atoms with van der Waals surface area (Å²) in [7, 11) is -2.08. The molecule has 4 rings (SSSR count). The zero-order valence-corrected chi connectivity index (χ0v) is 20.4. The lowest BCUT2D eigenvalue weighted by Gasteiger charge is -2.31. The number of hydrogen-bond donors (Lipinski definition) is 0. The van der Waals surface area contributed by atoms with E-state index >= 15 is 0 Å². The lowest BCUT2D eigenvalue weighted by Crippen LogP contribution is -2.39. The summed E-state index contributed by atoms with van der Waals surface area (Å²) in [5, 5.41) is 2.15. The average molecular weight is 543 g/mol. The molecule has 1 aliphatic heterocycles. The molecule has 0 radical (unpaired) electrons. The first-order valence-corrected chi connectivity index (χ1v) is 13.2. The Morgan fingerprint density at radius 2 is 1.84 bits per heavy atom. The van der Waals surface area contributed by atoms with Gasteiger partial charge >= 0.3 is 0 Å². The van der Waals surface area contributed by atoms with Gasteiger partial charge < -0.3 is 9.64 Å². The van der Waals surface area contributed by atoms with Gasteiger partial charge in [0.15, 0.2) is 15.0 Å². The van der Waals surface area contributed by atoms with Crippen molar-refractivity contribution in [2.45, 2.75) is 29.4 Å². The van der Waals surface area contributed by atoms with Crippen LogP contribution < -0.4 is 9.64 Å². The Balaban J connectivity index is 1.44. The summed E-state index contributed by atoms with van der Waals surface area (Å²) in [5.74, 6) is -0.879. The fourth-order valence-electron chi connectivity index (χ4n) is 3.85. The third-order valence-corrected chi connectivity index (χ3v) is 9.16. The molecule has 32 heavy (non-hydrogen) atoms. The van der Waals surface area contributed by atoms with E-state index in [0.717, 1.165) is 16.9 Å². The number of rotatable bonds is 6. The first-order valence-electron chi connectivity index (χ1n) is 9.98. The van der Waals surface area contributed by atoms with Crippen LogP contribution in [0.3, 0.4) is 0 Å². The summed E-state index contributed by atoms with van der Waals surface area (Å²) < 4.78 is 59.3. The Kier molecular flexibility index (Phi) is 6.83. The second-order valence-corrected chi connectivity index (χ2v) is 11.6. The van der Waals surface area contributed by atoms with E-state index in [1.165, 1.54) is 30.6 Å². The molecule has 170 valence electrons. The summed E-state index contributed by atoms with van der Waals surface area (Å²) in [6.07, 6.45) is 1.28. The second kappa shape index (κ2) is 9.44. The van der Waals surface area contributed by atoms with Gasteiger partial charge in [0.25, 0.3) is 0 Å². The van der Waals surface area contributed by atoms with Crippen molar-refractivity contribution in [1.29, 1.82) is 0 Å². The number of piperidine rings is 1. The van der Waals surface area contributed by atoms with Gasteiger partial charge in [0.05, 0.1) is 18.1 Å². The van der Waals surface area contributed by atoms with Gasteiger partial charge in [0, 0.05) is 35.4 Å². The van der Waals surface area contributed by atoms with Crippen LogP contribution in [-0.4, -0.2) is 38.9 Å². The van der Waals surface area contributed by atoms with Crippen LogP contribution in [0.25, 0.3) is 0 Å². The highest BCUT2D eigenvalue weighted by molar-refractivity contribution is 9.10. The number of aromatic nitrogens is 1. The summed E-state index contributed by atoms with van der Waals surface area (Å²) in [6, 6.07) is 8.43. The van der Waals surface area contributed by atoms with E-state index < -0.39 is 26.7 Å². The maximum atomic E-state index is 13.4. The fourth-order valence-corrected chi connectivity index (χ4v) is 7.16. The van der Waals surface area contributed by atoms with Crippen LogP contribution in [0.5, 0.6) is 5.75 Å². The SMILES string of the molecule is COc1ccc(Br)cc1S(=O)(=O)C1CCN(c2nc(Cc3cc(F)cc(F)c3)cs2)CC1. The van der Waals surface area contributed by atoms with Gasteiger partial charge in [0.1, 0.15) is 22.3 Å². The fraction of sp³-hybridized carbons (Fsp3) is 0.318. The van der Waals surface area contributed by atoms with Crippen LogP contribution in [0, 0.1) is 11.6 Å². The normalized spacial score (nSPS) is 15.2. The lowest BCUT2D eigenvalue weighted by atomic mass is 10.1. The van der Waals surface area contributed by atoms with Crippen molar-refractivity contribution >= 4 is 42.2 Å². The number of nitrogens with zero attached hydrogens (tertiary/aromatic N) is 2. The lowest BCUT2D eigenvalue weighted by molar-refractivity contribution is 0.401. The Bertz CT molecular complexity index is 1210. The summed E-state index contributed by atoms with van der Waals surface area (Å²) in [5.41, 5.74) is 1.25. The molecule has 2 aromatic carbocycles. The van der Waals surface area contributed by atoms with Crippen LogP contribution in [0.15, 0.2) is 51.1 Å². The minimum Gasteiger partial charge on any atom is -0.495 e. The molecule has 0 spiro atoms. The molecule has 2 heterocycles. The van der Waals surface area contributed by atoms with Crippen LogP contribution in [0.2, 0.25) is 0 Å². The Morgan fingerprint density at radius 1 is 1.16 bits per heavy atom. The number of thiazole rings is 1. The highest BCUT2D eigenvalue weighted by atomic mass is 79.9. The molecule has 0 atom stereocenters. The monoisotopic (exact) mass is 542 g/mol. The van der Waals surface area contributed by atoms with Gasteiger partial charge in [0.2, 0.25) is 0 Å². The molecule has 1 fully saturated rings. The molecule has 0 unspecified atom stereocenters. The average Bonchev–Trinajstić information content (AvgIpc) is 3.21. The van der Waals surface area contributed by atoms with Gasteiger partial charge in [-0.05, 0) is 48.7 Å². The maximum Gasteiger partial charge on any atom is 0.185 e. The molecule has 0 N–H and O–H groups in total. The van der Waals surface area contributed by atoms with Crippen molar-refractivity contribution in [2.75, 3.05) is 25.1 Å². The van der Waals surface area contributed by atoms with Crippen molar-refractivity contribution in [3.63, 3.8) is 0 Å². The summed E-state index contributed by atoms with van der Waals surface area (Å²) >= 11 is 4.79. The Hall–Kier alpha value is -2.04. The number of hydrogen-bond acceptors (Lipinski definition) is 6. The second-order valence-electron chi connectivity index (χ2n) is 7.60. The molecule has 3 aromatic rings. The van der Waals surface area contributed by atoms with Gasteiger partial charge in [-0.15, -0.1) is 11.3 Å². The zero-order chi connectivity index (χ0) is 22.9. The van der Waals surface area contributed by atoms with Crippen LogP contribution >= 0.6 is 27.3 Å². The Morgan fingerprint density at radius 3 is 2.50 bits per heavy atom. The van der Waals surface area contributed by atoms with E-state index in [2.05, 4.69) is 25.8 Å². The molecule has 0 aliphatic carbocycles. The third-order valence-electron chi connectivity index (χ3n) is 5.43. The van der Waals surface area contributed by atoms with E-state index in [1.807, 2.05) is 5.38 Å². The molecule has 5 nitrogen and oxygen atoms in total. The standard InChI is InChI=1S/C22H21BrF2N2O3S2/c1-30-20-3-2-15(23)11-21(20)32(28,29)19-4-6-27(7-5-19)22-26-18(13-31-22)10-14-8-16(24)12-17(25)9-14/h2-3,8-9,11-13,19H,4-7,10H2,1H3. The number of anilines is 1. The topological polar surface area (TPSA) is 59.5 Å². The van der Waals surface area contributed by atoms with Crippen LogP contribution in [0.4, 0.5) is 13.9 Å². The predicted octanol–water partition coefficient (Wildman–Crippen LogP) is 5.23. The minimum atomic E-state index is -3.55. The predicted molar refractivity (Wildman–Crippen MR) is 124 cm³/mol. The molecular formula is C22H21BrF2N2O3S2. The van der Waals surface area contributed by atoms with E-state index in [1.54, 1.807) is 18.2 Å². The van der Waals surface area contributed by atoms with E-state index in [-0.39, 0.29) is 4.90 Å². The number of ether oxygens (including phenoxy) is 1. The van der Waals surface area contributed by atoms with Crippen molar-refractivity contribution < 1.29 is 21.9 Å². The van der Waals surface area contributed by atoms with Gasteiger partial charge in [-0.3, -0.25) is 0 Å². The summed E-state index contributed by atoms with van der Waals surface area (Å²) in [6.45, 7) is 1.11. The number of methoxy groups -OCH3 is 1. The van der Waals surface area contributed by atoms with Crippen molar-refractivity contribution in [3.8, 4) is 5.75 Å². The Labute approximate surface area is 198 Å². The van der Waals surface area contributed by atoms with E-state index in [4.69, 9.17) is 4.74 Å². The van der Waals surface area contributed by atoms with E-state index in [0.29, 0.717) is 48.1 Å². The molecule has 1 aliphatic rings. The first kappa shape index (κ1) is 23.1. The van der Waals surface area contributed by atoms with Crippen molar-refractivity contribution in [1.82, 2.24) is 4.98 Å². The molecule has 0 bridgehead atoms. The first-order chi connectivity index (χ1) is 15.3. The number of benzene rings is 2.